The molecule has 0 aliphatic carbocycles. The maximum atomic E-state index is 11.7. The summed E-state index contributed by atoms with van der Waals surface area (Å²) in [4.78, 5) is 14.7. The molecule has 1 aromatic heterocycles. The Balaban J connectivity index is 2.40. The van der Waals surface area contributed by atoms with Gasteiger partial charge in [0.25, 0.3) is 0 Å². The van der Waals surface area contributed by atoms with Crippen LogP contribution in [0.3, 0.4) is 0 Å². The van der Waals surface area contributed by atoms with E-state index >= 15 is 0 Å². The fourth-order valence-electron chi connectivity index (χ4n) is 0.733. The maximum Gasteiger partial charge on any atom is 0.405 e. The molecule has 0 bridgehead atoms. The van der Waals surface area contributed by atoms with Crippen molar-refractivity contribution in [3.63, 3.8) is 0 Å². The Morgan fingerprint density at radius 1 is 1.62 bits per heavy atom. The molecule has 0 aliphatic heterocycles. The topological polar surface area (TPSA) is 63.2 Å². The van der Waals surface area contributed by atoms with E-state index in [1.54, 1.807) is 5.32 Å². The van der Waals surface area contributed by atoms with Crippen LogP contribution in [0.1, 0.15) is 0 Å². The average molecular weight is 255 g/mol. The van der Waals surface area contributed by atoms with Crippen molar-refractivity contribution in [1.82, 2.24) is 10.3 Å². The summed E-state index contributed by atoms with van der Waals surface area (Å²) in [6.07, 6.45) is -3.08. The first-order chi connectivity index (χ1) is 7.40. The van der Waals surface area contributed by atoms with Gasteiger partial charge in [-0.05, 0) is 0 Å². The molecule has 0 saturated carbocycles. The molecule has 0 saturated heterocycles. The lowest BCUT2D eigenvalue weighted by Gasteiger charge is -2.07. The van der Waals surface area contributed by atoms with Crippen LogP contribution in [0.4, 0.5) is 23.1 Å². The van der Waals surface area contributed by atoms with Crippen molar-refractivity contribution in [3.05, 3.63) is 6.20 Å². The van der Waals surface area contributed by atoms with E-state index in [9.17, 15) is 18.0 Å². The first-order valence-electron chi connectivity index (χ1n) is 4.02. The second-order valence-corrected chi connectivity index (χ2v) is 3.60. The number of anilines is 1. The summed E-state index contributed by atoms with van der Waals surface area (Å²) in [5, 5.41) is 4.41. The second-order valence-electron chi connectivity index (χ2n) is 2.61. The van der Waals surface area contributed by atoms with Gasteiger partial charge in [0.15, 0.2) is 10.2 Å². The molecule has 0 unspecified atom stereocenters. The molecule has 0 radical (unpaired) electrons. The van der Waals surface area contributed by atoms with Crippen LogP contribution in [0.25, 0.3) is 0 Å². The molecule has 9 heteroatoms. The Kier molecular flexibility index (Phi) is 3.93. The number of aromatic nitrogens is 1. The molecular weight excluding hydrogens is 247 g/mol. The Hall–Kier alpha value is -1.51. The average Bonchev–Trinajstić information content (AvgIpc) is 2.61. The molecule has 16 heavy (non-hydrogen) atoms. The third-order valence-corrected chi connectivity index (χ3v) is 2.23. The van der Waals surface area contributed by atoms with Crippen LogP contribution < -0.4 is 15.4 Å². The molecule has 0 aliphatic rings. The number of nitrogens with one attached hydrogen (secondary N) is 2. The number of halogens is 3. The first-order valence-corrected chi connectivity index (χ1v) is 4.84. The van der Waals surface area contributed by atoms with Crippen molar-refractivity contribution >= 4 is 22.5 Å². The summed E-state index contributed by atoms with van der Waals surface area (Å²) in [5.74, 6) is 0. The summed E-state index contributed by atoms with van der Waals surface area (Å²) >= 11 is 1.01. The van der Waals surface area contributed by atoms with Gasteiger partial charge in [0.1, 0.15) is 6.54 Å². The maximum absolute atomic E-state index is 11.7. The molecule has 2 amide bonds. The summed E-state index contributed by atoms with van der Waals surface area (Å²) in [7, 11) is 1.42. The zero-order chi connectivity index (χ0) is 12.2. The molecule has 0 fully saturated rings. The van der Waals surface area contributed by atoms with Crippen LogP contribution in [0.15, 0.2) is 6.20 Å². The van der Waals surface area contributed by atoms with E-state index in [0.717, 1.165) is 11.3 Å². The van der Waals surface area contributed by atoms with E-state index in [0.29, 0.717) is 5.06 Å². The molecule has 2 N–H and O–H groups in total. The van der Waals surface area contributed by atoms with E-state index in [1.165, 1.54) is 13.3 Å². The Labute approximate surface area is 92.6 Å². The number of thiazole rings is 1. The predicted octanol–water partition coefficient (Wildman–Crippen LogP) is 1.84. The third kappa shape index (κ3) is 4.34. The molecule has 1 rings (SSSR count). The number of alkyl halides is 3. The number of urea groups is 1. The van der Waals surface area contributed by atoms with Crippen LogP contribution in [0, 0.1) is 0 Å². The van der Waals surface area contributed by atoms with Gasteiger partial charge in [-0.3, -0.25) is 5.32 Å². The minimum absolute atomic E-state index is 0.163. The van der Waals surface area contributed by atoms with Crippen LogP contribution >= 0.6 is 11.3 Å². The van der Waals surface area contributed by atoms with E-state index in [4.69, 9.17) is 4.74 Å². The number of hydrogen-bond donors (Lipinski definition) is 2. The lowest BCUT2D eigenvalue weighted by Crippen LogP contribution is -2.36. The number of nitrogens with zero attached hydrogens (tertiary/aromatic N) is 1. The molecular formula is C7H8F3N3O2S. The molecule has 0 aromatic carbocycles. The van der Waals surface area contributed by atoms with Gasteiger partial charge in [-0.2, -0.15) is 13.2 Å². The monoisotopic (exact) mass is 255 g/mol. The SMILES string of the molecule is COc1cnc(NC(=O)NCC(F)(F)F)s1. The fourth-order valence-corrected chi connectivity index (χ4v) is 1.36. The third-order valence-electron chi connectivity index (χ3n) is 1.36. The number of hydrogen-bond acceptors (Lipinski definition) is 4. The number of methoxy groups -OCH3 is 1. The minimum atomic E-state index is -4.43. The highest BCUT2D eigenvalue weighted by Gasteiger charge is 2.27. The van der Waals surface area contributed by atoms with Crippen molar-refractivity contribution in [2.24, 2.45) is 0 Å². The van der Waals surface area contributed by atoms with Gasteiger partial charge in [0.2, 0.25) is 0 Å². The van der Waals surface area contributed by atoms with Crippen molar-refractivity contribution in [1.29, 1.82) is 0 Å². The van der Waals surface area contributed by atoms with E-state index in [1.807, 2.05) is 0 Å². The van der Waals surface area contributed by atoms with Crippen LogP contribution in [-0.4, -0.2) is 30.8 Å². The number of amides is 2. The highest BCUT2D eigenvalue weighted by Crippen LogP contribution is 2.24. The van der Waals surface area contributed by atoms with Gasteiger partial charge in [0.05, 0.1) is 13.3 Å². The quantitative estimate of drug-likeness (QED) is 0.866. The molecule has 90 valence electrons. The van der Waals surface area contributed by atoms with Crippen molar-refractivity contribution < 1.29 is 22.7 Å². The second kappa shape index (κ2) is 5.01. The summed E-state index contributed by atoms with van der Waals surface area (Å²) in [6.45, 7) is -1.39. The van der Waals surface area contributed by atoms with Gasteiger partial charge in [0, 0.05) is 0 Å². The minimum Gasteiger partial charge on any atom is -0.486 e. The van der Waals surface area contributed by atoms with Crippen molar-refractivity contribution in [2.45, 2.75) is 6.18 Å². The predicted molar refractivity (Wildman–Crippen MR) is 51.7 cm³/mol. The Morgan fingerprint density at radius 3 is 2.81 bits per heavy atom. The lowest BCUT2D eigenvalue weighted by molar-refractivity contribution is -0.122. The summed E-state index contributed by atoms with van der Waals surface area (Å²) in [6, 6.07) is -0.964. The normalized spacial score (nSPS) is 11.0. The van der Waals surface area contributed by atoms with Gasteiger partial charge in [-0.15, -0.1) is 0 Å². The zero-order valence-corrected chi connectivity index (χ0v) is 8.91. The van der Waals surface area contributed by atoms with E-state index in [2.05, 4.69) is 10.3 Å². The molecule has 1 aromatic rings. The first kappa shape index (κ1) is 12.6. The number of carbonyl (C=O) groups excluding carboxylic acids is 1. The highest BCUT2D eigenvalue weighted by molar-refractivity contribution is 7.17. The van der Waals surface area contributed by atoms with Crippen molar-refractivity contribution in [2.75, 3.05) is 19.0 Å². The number of carbonyl (C=O) groups is 1. The molecule has 0 spiro atoms. The standard InChI is InChI=1S/C7H8F3N3O2S/c1-15-4-2-11-6(16-4)13-5(14)12-3-7(8,9)10/h2H,3H2,1H3,(H2,11,12,13,14). The smallest absolute Gasteiger partial charge is 0.405 e. The highest BCUT2D eigenvalue weighted by atomic mass is 32.1. The summed E-state index contributed by atoms with van der Waals surface area (Å²) < 4.78 is 40.0. The largest absolute Gasteiger partial charge is 0.486 e. The van der Waals surface area contributed by atoms with Gasteiger partial charge >= 0.3 is 12.2 Å². The van der Waals surface area contributed by atoms with E-state index in [-0.39, 0.29) is 5.13 Å². The number of ether oxygens (including phenoxy) is 1. The number of rotatable bonds is 3. The zero-order valence-electron chi connectivity index (χ0n) is 8.09. The van der Waals surface area contributed by atoms with Crippen LogP contribution in [0.2, 0.25) is 0 Å². The van der Waals surface area contributed by atoms with Crippen LogP contribution in [0.5, 0.6) is 5.06 Å². The van der Waals surface area contributed by atoms with Gasteiger partial charge in [-0.25, -0.2) is 9.78 Å². The lowest BCUT2D eigenvalue weighted by atomic mass is 10.6. The molecule has 5 nitrogen and oxygen atoms in total. The Bertz CT molecular complexity index is 366. The molecule has 1 heterocycles. The van der Waals surface area contributed by atoms with Crippen molar-refractivity contribution in [3.8, 4) is 5.06 Å². The fraction of sp³-hybridized carbons (Fsp3) is 0.429. The summed E-state index contributed by atoms with van der Waals surface area (Å²) in [5.41, 5.74) is 0. The van der Waals surface area contributed by atoms with Gasteiger partial charge < -0.3 is 10.1 Å². The van der Waals surface area contributed by atoms with Crippen LogP contribution in [-0.2, 0) is 0 Å². The van der Waals surface area contributed by atoms with Gasteiger partial charge in [-0.1, -0.05) is 11.3 Å². The molecule has 0 atom stereocenters. The van der Waals surface area contributed by atoms with E-state index < -0.39 is 18.8 Å². The Morgan fingerprint density at radius 2 is 2.31 bits per heavy atom.